The van der Waals surface area contributed by atoms with E-state index in [0.717, 1.165) is 5.56 Å². The van der Waals surface area contributed by atoms with Crippen molar-refractivity contribution in [3.05, 3.63) is 52.3 Å². The van der Waals surface area contributed by atoms with E-state index in [9.17, 15) is 4.39 Å². The van der Waals surface area contributed by atoms with Crippen molar-refractivity contribution in [3.8, 4) is 17.2 Å². The van der Waals surface area contributed by atoms with Crippen LogP contribution in [-0.4, -0.2) is 6.79 Å². The molecule has 0 bridgehead atoms. The van der Waals surface area contributed by atoms with Gasteiger partial charge in [0, 0.05) is 28.8 Å². The molecule has 2 aromatic rings. The topological polar surface area (TPSA) is 53.7 Å². The summed E-state index contributed by atoms with van der Waals surface area (Å²) < 4.78 is 29.5. The first-order valence-corrected chi connectivity index (χ1v) is 6.74. The average molecular weight is 310 g/mol. The van der Waals surface area contributed by atoms with E-state index in [1.807, 2.05) is 0 Å². The molecule has 110 valence electrons. The van der Waals surface area contributed by atoms with Crippen molar-refractivity contribution in [1.82, 2.24) is 0 Å². The third kappa shape index (κ3) is 2.89. The van der Waals surface area contributed by atoms with E-state index in [2.05, 4.69) is 0 Å². The molecule has 0 spiro atoms. The molecule has 0 fully saturated rings. The zero-order valence-corrected chi connectivity index (χ0v) is 11.8. The molecule has 0 atom stereocenters. The van der Waals surface area contributed by atoms with Crippen molar-refractivity contribution in [2.75, 3.05) is 6.79 Å². The highest BCUT2D eigenvalue weighted by Crippen LogP contribution is 2.38. The second-order valence-corrected chi connectivity index (χ2v) is 4.95. The van der Waals surface area contributed by atoms with Gasteiger partial charge < -0.3 is 19.9 Å². The maximum atomic E-state index is 13.2. The Morgan fingerprint density at radius 2 is 1.90 bits per heavy atom. The number of benzene rings is 2. The van der Waals surface area contributed by atoms with Gasteiger partial charge in [-0.1, -0.05) is 11.6 Å². The first-order valence-electron chi connectivity index (χ1n) is 6.36. The number of halogens is 2. The number of fused-ring (bicyclic) bond motifs is 1. The molecule has 6 heteroatoms. The van der Waals surface area contributed by atoms with Gasteiger partial charge in [0.1, 0.15) is 18.2 Å². The Balaban J connectivity index is 1.83. The molecule has 1 aliphatic heterocycles. The summed E-state index contributed by atoms with van der Waals surface area (Å²) in [6.45, 7) is 0.616. The number of nitrogens with two attached hydrogens (primary N) is 1. The van der Waals surface area contributed by atoms with Gasteiger partial charge in [0.05, 0.1) is 0 Å². The zero-order valence-electron chi connectivity index (χ0n) is 11.1. The molecule has 0 unspecified atom stereocenters. The van der Waals surface area contributed by atoms with Crippen LogP contribution in [0.5, 0.6) is 17.2 Å². The van der Waals surface area contributed by atoms with Crippen LogP contribution in [0.1, 0.15) is 11.1 Å². The van der Waals surface area contributed by atoms with E-state index in [0.29, 0.717) is 34.4 Å². The van der Waals surface area contributed by atoms with Gasteiger partial charge in [-0.2, -0.15) is 0 Å². The van der Waals surface area contributed by atoms with E-state index in [4.69, 9.17) is 31.5 Å². The minimum absolute atomic E-state index is 0.142. The Morgan fingerprint density at radius 3 is 2.67 bits per heavy atom. The highest BCUT2D eigenvalue weighted by Gasteiger charge is 2.17. The summed E-state index contributed by atoms with van der Waals surface area (Å²) >= 11 is 6.01. The fourth-order valence-corrected chi connectivity index (χ4v) is 2.24. The number of hydrogen-bond donors (Lipinski definition) is 1. The van der Waals surface area contributed by atoms with Gasteiger partial charge >= 0.3 is 0 Å². The highest BCUT2D eigenvalue weighted by molar-refractivity contribution is 6.31. The lowest BCUT2D eigenvalue weighted by molar-refractivity contribution is 0.173. The molecule has 4 nitrogen and oxygen atoms in total. The van der Waals surface area contributed by atoms with E-state index in [-0.39, 0.29) is 19.2 Å². The number of hydrogen-bond acceptors (Lipinski definition) is 4. The standard InChI is InChI=1S/C15H13ClFNO3/c16-12-2-1-11(17)3-10(12)7-19-13-5-15-14(20-8-21-15)4-9(13)6-18/h1-5H,6-8,18H2. The molecular formula is C15H13ClFNO3. The lowest BCUT2D eigenvalue weighted by Crippen LogP contribution is -2.03. The molecule has 2 N–H and O–H groups in total. The largest absolute Gasteiger partial charge is 0.488 e. The Morgan fingerprint density at radius 1 is 1.14 bits per heavy atom. The summed E-state index contributed by atoms with van der Waals surface area (Å²) in [6.07, 6.45) is 0. The van der Waals surface area contributed by atoms with Crippen LogP contribution in [0.3, 0.4) is 0 Å². The fraction of sp³-hybridized carbons (Fsp3) is 0.200. The molecule has 0 aliphatic carbocycles. The van der Waals surface area contributed by atoms with Crippen molar-refractivity contribution in [1.29, 1.82) is 0 Å². The minimum Gasteiger partial charge on any atom is -0.488 e. The van der Waals surface area contributed by atoms with Crippen molar-refractivity contribution in [2.24, 2.45) is 5.73 Å². The van der Waals surface area contributed by atoms with Gasteiger partial charge in [0.2, 0.25) is 6.79 Å². The Bertz CT molecular complexity index is 678. The molecular weight excluding hydrogens is 297 g/mol. The Kier molecular flexibility index (Phi) is 3.86. The Labute approximate surface area is 126 Å². The zero-order chi connectivity index (χ0) is 14.8. The van der Waals surface area contributed by atoms with Gasteiger partial charge in [-0.15, -0.1) is 0 Å². The average Bonchev–Trinajstić information content (AvgIpc) is 2.94. The van der Waals surface area contributed by atoms with Gasteiger partial charge in [-0.05, 0) is 24.3 Å². The molecule has 0 radical (unpaired) electrons. The van der Waals surface area contributed by atoms with Crippen LogP contribution in [0.25, 0.3) is 0 Å². The smallest absolute Gasteiger partial charge is 0.231 e. The molecule has 3 rings (SSSR count). The maximum Gasteiger partial charge on any atom is 0.231 e. The van der Waals surface area contributed by atoms with Crippen LogP contribution >= 0.6 is 11.6 Å². The van der Waals surface area contributed by atoms with Crippen LogP contribution in [0, 0.1) is 5.82 Å². The molecule has 1 heterocycles. The monoisotopic (exact) mass is 309 g/mol. The van der Waals surface area contributed by atoms with Crippen LogP contribution in [-0.2, 0) is 13.2 Å². The van der Waals surface area contributed by atoms with Crippen LogP contribution in [0.4, 0.5) is 4.39 Å². The second-order valence-electron chi connectivity index (χ2n) is 4.54. The lowest BCUT2D eigenvalue weighted by Gasteiger charge is -2.12. The van der Waals surface area contributed by atoms with E-state index < -0.39 is 0 Å². The molecule has 21 heavy (non-hydrogen) atoms. The van der Waals surface area contributed by atoms with Gasteiger partial charge in [-0.25, -0.2) is 4.39 Å². The molecule has 1 aliphatic rings. The molecule has 0 amide bonds. The van der Waals surface area contributed by atoms with Crippen molar-refractivity contribution >= 4 is 11.6 Å². The van der Waals surface area contributed by atoms with Crippen molar-refractivity contribution < 1.29 is 18.6 Å². The SMILES string of the molecule is NCc1cc2c(cc1OCc1cc(F)ccc1Cl)OCO2. The summed E-state index contributed by atoms with van der Waals surface area (Å²) in [4.78, 5) is 0. The molecule has 0 aromatic heterocycles. The molecule has 0 saturated heterocycles. The van der Waals surface area contributed by atoms with E-state index >= 15 is 0 Å². The molecule has 0 saturated carbocycles. The van der Waals surface area contributed by atoms with E-state index in [1.54, 1.807) is 12.1 Å². The Hall–Kier alpha value is -1.98. The summed E-state index contributed by atoms with van der Waals surface area (Å²) in [5.41, 5.74) is 7.06. The van der Waals surface area contributed by atoms with E-state index in [1.165, 1.54) is 18.2 Å². The summed E-state index contributed by atoms with van der Waals surface area (Å²) in [7, 11) is 0. The first kappa shape index (κ1) is 14.0. The van der Waals surface area contributed by atoms with Crippen LogP contribution in [0.15, 0.2) is 30.3 Å². The van der Waals surface area contributed by atoms with Crippen LogP contribution in [0.2, 0.25) is 5.02 Å². The first-order chi connectivity index (χ1) is 10.2. The van der Waals surface area contributed by atoms with Gasteiger partial charge in [-0.3, -0.25) is 0 Å². The van der Waals surface area contributed by atoms with Crippen LogP contribution < -0.4 is 19.9 Å². The predicted molar refractivity (Wildman–Crippen MR) is 76.2 cm³/mol. The van der Waals surface area contributed by atoms with Crippen molar-refractivity contribution in [3.63, 3.8) is 0 Å². The number of rotatable bonds is 4. The van der Waals surface area contributed by atoms with Crippen molar-refractivity contribution in [2.45, 2.75) is 13.2 Å². The third-order valence-corrected chi connectivity index (χ3v) is 3.54. The summed E-state index contributed by atoms with van der Waals surface area (Å²) in [6, 6.07) is 7.65. The quantitative estimate of drug-likeness (QED) is 0.942. The highest BCUT2D eigenvalue weighted by atomic mass is 35.5. The maximum absolute atomic E-state index is 13.2. The normalized spacial score (nSPS) is 12.5. The third-order valence-electron chi connectivity index (χ3n) is 3.17. The second kappa shape index (κ2) is 5.79. The van der Waals surface area contributed by atoms with Gasteiger partial charge in [0.15, 0.2) is 11.5 Å². The minimum atomic E-state index is -0.359. The fourth-order valence-electron chi connectivity index (χ4n) is 2.07. The lowest BCUT2D eigenvalue weighted by atomic mass is 10.1. The number of ether oxygens (including phenoxy) is 3. The summed E-state index contributed by atoms with van der Waals surface area (Å²) in [5.74, 6) is 1.46. The molecule has 2 aromatic carbocycles. The summed E-state index contributed by atoms with van der Waals surface area (Å²) in [5, 5.41) is 0.450. The van der Waals surface area contributed by atoms with Gasteiger partial charge in [0.25, 0.3) is 0 Å². The predicted octanol–water partition coefficient (Wildman–Crippen LogP) is 3.25.